The van der Waals surface area contributed by atoms with Gasteiger partial charge in [0.25, 0.3) is 0 Å². The molecule has 106 valence electrons. The molecule has 1 rings (SSSR count). The predicted octanol–water partition coefficient (Wildman–Crippen LogP) is 1.86. The molecule has 0 saturated heterocycles. The van der Waals surface area contributed by atoms with Crippen LogP contribution < -0.4 is 15.8 Å². The Morgan fingerprint density at radius 3 is 2.63 bits per heavy atom. The SMILES string of the molecule is CCc1cc(CNC(=O)C(N)C(C)C)ccc1OC. The Labute approximate surface area is 115 Å². The van der Waals surface area contributed by atoms with E-state index in [9.17, 15) is 4.79 Å². The highest BCUT2D eigenvalue weighted by Crippen LogP contribution is 2.20. The molecular formula is C15H24N2O2. The zero-order valence-electron chi connectivity index (χ0n) is 12.2. The van der Waals surface area contributed by atoms with Crippen molar-refractivity contribution in [2.75, 3.05) is 7.11 Å². The average Bonchev–Trinajstić information content (AvgIpc) is 2.43. The molecule has 0 aliphatic heterocycles. The van der Waals surface area contributed by atoms with Crippen molar-refractivity contribution in [1.82, 2.24) is 5.32 Å². The minimum atomic E-state index is -0.455. The second-order valence-electron chi connectivity index (χ2n) is 4.99. The average molecular weight is 264 g/mol. The first-order chi connectivity index (χ1) is 8.99. The van der Waals surface area contributed by atoms with Gasteiger partial charge in [0, 0.05) is 6.54 Å². The van der Waals surface area contributed by atoms with Crippen LogP contribution in [0.25, 0.3) is 0 Å². The van der Waals surface area contributed by atoms with Gasteiger partial charge in [-0.05, 0) is 29.5 Å². The highest BCUT2D eigenvalue weighted by Gasteiger charge is 2.16. The van der Waals surface area contributed by atoms with Crippen molar-refractivity contribution in [3.05, 3.63) is 29.3 Å². The summed E-state index contributed by atoms with van der Waals surface area (Å²) in [7, 11) is 1.66. The minimum Gasteiger partial charge on any atom is -0.496 e. The predicted molar refractivity (Wildman–Crippen MR) is 77.0 cm³/mol. The van der Waals surface area contributed by atoms with E-state index >= 15 is 0 Å². The minimum absolute atomic E-state index is 0.108. The normalized spacial score (nSPS) is 12.3. The summed E-state index contributed by atoms with van der Waals surface area (Å²) in [6.45, 7) is 6.45. The number of hydrogen-bond acceptors (Lipinski definition) is 3. The molecule has 1 atom stereocenters. The fourth-order valence-corrected chi connectivity index (χ4v) is 1.83. The Morgan fingerprint density at radius 1 is 1.42 bits per heavy atom. The van der Waals surface area contributed by atoms with E-state index in [1.807, 2.05) is 26.0 Å². The molecule has 0 bridgehead atoms. The number of nitrogens with two attached hydrogens (primary N) is 1. The molecule has 0 heterocycles. The molecule has 0 radical (unpaired) electrons. The molecule has 0 aromatic heterocycles. The fourth-order valence-electron chi connectivity index (χ4n) is 1.83. The molecule has 0 aliphatic carbocycles. The Morgan fingerprint density at radius 2 is 2.11 bits per heavy atom. The van der Waals surface area contributed by atoms with E-state index in [-0.39, 0.29) is 11.8 Å². The molecule has 0 spiro atoms. The van der Waals surface area contributed by atoms with Crippen molar-refractivity contribution in [3.8, 4) is 5.75 Å². The molecular weight excluding hydrogens is 240 g/mol. The monoisotopic (exact) mass is 264 g/mol. The van der Waals surface area contributed by atoms with Crippen LogP contribution in [0.3, 0.4) is 0 Å². The van der Waals surface area contributed by atoms with E-state index in [2.05, 4.69) is 18.3 Å². The van der Waals surface area contributed by atoms with Crippen LogP contribution in [0.5, 0.6) is 5.75 Å². The molecule has 3 N–H and O–H groups in total. The highest BCUT2D eigenvalue weighted by molar-refractivity contribution is 5.81. The number of carbonyl (C=O) groups excluding carboxylic acids is 1. The first-order valence-corrected chi connectivity index (χ1v) is 6.68. The van der Waals surface area contributed by atoms with Gasteiger partial charge < -0.3 is 15.8 Å². The molecule has 1 unspecified atom stereocenters. The number of amides is 1. The standard InChI is InChI=1S/C15H24N2O2/c1-5-12-8-11(6-7-13(12)19-4)9-17-15(18)14(16)10(2)3/h6-8,10,14H,5,9,16H2,1-4H3,(H,17,18). The van der Waals surface area contributed by atoms with Gasteiger partial charge in [0.15, 0.2) is 0 Å². The van der Waals surface area contributed by atoms with Crippen molar-refractivity contribution in [2.24, 2.45) is 11.7 Å². The fraction of sp³-hybridized carbons (Fsp3) is 0.533. The van der Waals surface area contributed by atoms with Crippen molar-refractivity contribution >= 4 is 5.91 Å². The van der Waals surface area contributed by atoms with Gasteiger partial charge in [-0.2, -0.15) is 0 Å². The zero-order valence-corrected chi connectivity index (χ0v) is 12.2. The quantitative estimate of drug-likeness (QED) is 0.824. The molecule has 19 heavy (non-hydrogen) atoms. The van der Waals surface area contributed by atoms with Gasteiger partial charge in [-0.15, -0.1) is 0 Å². The third kappa shape index (κ3) is 4.24. The molecule has 4 nitrogen and oxygen atoms in total. The van der Waals surface area contributed by atoms with Crippen LogP contribution in [0.4, 0.5) is 0 Å². The van der Waals surface area contributed by atoms with Crippen molar-refractivity contribution in [3.63, 3.8) is 0 Å². The van der Waals surface area contributed by atoms with Crippen molar-refractivity contribution < 1.29 is 9.53 Å². The Hall–Kier alpha value is -1.55. The maximum Gasteiger partial charge on any atom is 0.237 e. The largest absolute Gasteiger partial charge is 0.496 e. The third-order valence-electron chi connectivity index (χ3n) is 3.21. The van der Waals surface area contributed by atoms with E-state index in [0.717, 1.165) is 23.3 Å². The summed E-state index contributed by atoms with van der Waals surface area (Å²) >= 11 is 0. The third-order valence-corrected chi connectivity index (χ3v) is 3.21. The molecule has 4 heteroatoms. The molecule has 1 amide bonds. The summed E-state index contributed by atoms with van der Waals surface area (Å²) in [6, 6.07) is 5.49. The summed E-state index contributed by atoms with van der Waals surface area (Å²) in [4.78, 5) is 11.8. The lowest BCUT2D eigenvalue weighted by Gasteiger charge is -2.16. The molecule has 0 fully saturated rings. The zero-order chi connectivity index (χ0) is 14.4. The maximum atomic E-state index is 11.8. The van der Waals surface area contributed by atoms with Crippen molar-refractivity contribution in [1.29, 1.82) is 0 Å². The van der Waals surface area contributed by atoms with Gasteiger partial charge in [0.1, 0.15) is 5.75 Å². The number of rotatable bonds is 6. The number of nitrogens with one attached hydrogen (secondary N) is 1. The van der Waals surface area contributed by atoms with Gasteiger partial charge in [0.05, 0.1) is 13.2 Å². The van der Waals surface area contributed by atoms with Gasteiger partial charge in [-0.25, -0.2) is 0 Å². The maximum absolute atomic E-state index is 11.8. The van der Waals surface area contributed by atoms with Crippen molar-refractivity contribution in [2.45, 2.75) is 39.8 Å². The number of aryl methyl sites for hydroxylation is 1. The van der Waals surface area contributed by atoms with E-state index in [4.69, 9.17) is 10.5 Å². The molecule has 0 saturated carbocycles. The van der Waals surface area contributed by atoms with E-state index in [0.29, 0.717) is 6.54 Å². The molecule has 1 aromatic carbocycles. The summed E-state index contributed by atoms with van der Waals surface area (Å²) in [6.07, 6.45) is 0.899. The second kappa shape index (κ2) is 7.14. The Kier molecular flexibility index (Phi) is 5.83. The number of methoxy groups -OCH3 is 1. The second-order valence-corrected chi connectivity index (χ2v) is 4.99. The van der Waals surface area contributed by atoms with Crippen LogP contribution >= 0.6 is 0 Å². The van der Waals surface area contributed by atoms with Gasteiger partial charge in [-0.1, -0.05) is 32.9 Å². The topological polar surface area (TPSA) is 64.4 Å². The Balaban J connectivity index is 2.66. The summed E-state index contributed by atoms with van der Waals surface area (Å²) in [5.74, 6) is 0.919. The van der Waals surface area contributed by atoms with E-state index < -0.39 is 6.04 Å². The number of hydrogen-bond donors (Lipinski definition) is 2. The Bertz CT molecular complexity index is 430. The molecule has 0 aliphatic rings. The summed E-state index contributed by atoms with van der Waals surface area (Å²) < 4.78 is 5.28. The lowest BCUT2D eigenvalue weighted by Crippen LogP contribution is -2.43. The van der Waals surface area contributed by atoms with E-state index in [1.165, 1.54) is 0 Å². The summed E-state index contributed by atoms with van der Waals surface area (Å²) in [5.41, 5.74) is 7.99. The summed E-state index contributed by atoms with van der Waals surface area (Å²) in [5, 5.41) is 2.86. The van der Waals surface area contributed by atoms with Crippen LogP contribution in [-0.4, -0.2) is 19.1 Å². The molecule has 1 aromatic rings. The first kappa shape index (κ1) is 15.5. The smallest absolute Gasteiger partial charge is 0.237 e. The van der Waals surface area contributed by atoms with Crippen LogP contribution in [0.2, 0.25) is 0 Å². The highest BCUT2D eigenvalue weighted by atomic mass is 16.5. The lowest BCUT2D eigenvalue weighted by atomic mass is 10.0. The number of carbonyl (C=O) groups is 1. The van der Waals surface area contributed by atoms with Crippen LogP contribution in [-0.2, 0) is 17.8 Å². The number of benzene rings is 1. The first-order valence-electron chi connectivity index (χ1n) is 6.68. The lowest BCUT2D eigenvalue weighted by molar-refractivity contribution is -0.123. The number of ether oxygens (including phenoxy) is 1. The van der Waals surface area contributed by atoms with Gasteiger partial charge >= 0.3 is 0 Å². The van der Waals surface area contributed by atoms with Gasteiger partial charge in [0.2, 0.25) is 5.91 Å². The van der Waals surface area contributed by atoms with Crippen LogP contribution in [0, 0.1) is 5.92 Å². The van der Waals surface area contributed by atoms with E-state index in [1.54, 1.807) is 7.11 Å². The van der Waals surface area contributed by atoms with Gasteiger partial charge in [-0.3, -0.25) is 4.79 Å². The van der Waals surface area contributed by atoms with Crippen LogP contribution in [0.15, 0.2) is 18.2 Å². The van der Waals surface area contributed by atoms with Crippen LogP contribution in [0.1, 0.15) is 31.9 Å².